The summed E-state index contributed by atoms with van der Waals surface area (Å²) in [5, 5.41) is 5.91. The minimum absolute atomic E-state index is 0.403. The normalized spacial score (nSPS) is 11.7. The Bertz CT molecular complexity index is 1300. The standard InChI is InChI=1S/C18H22N8O2S/c1-4-6-7-26-15-13(16(27)23-18(26)28)25(5-2)12(22-15)9-29-17-11-8-21-24(3)14(11)19-10-20-17/h8,10H,4-7,9H2,1-3H3,(H,23,27,28). The number of nitrogens with one attached hydrogen (secondary N) is 1. The van der Waals surface area contributed by atoms with E-state index >= 15 is 0 Å². The van der Waals surface area contributed by atoms with Crippen molar-refractivity contribution >= 4 is 34.0 Å². The van der Waals surface area contributed by atoms with Gasteiger partial charge < -0.3 is 4.57 Å². The summed E-state index contributed by atoms with van der Waals surface area (Å²) < 4.78 is 5.13. The molecule has 0 saturated heterocycles. The van der Waals surface area contributed by atoms with E-state index in [1.807, 2.05) is 18.5 Å². The number of aromatic nitrogens is 8. The van der Waals surface area contributed by atoms with E-state index in [-0.39, 0.29) is 0 Å². The first-order valence-electron chi connectivity index (χ1n) is 9.52. The molecule has 29 heavy (non-hydrogen) atoms. The highest BCUT2D eigenvalue weighted by Crippen LogP contribution is 2.27. The summed E-state index contributed by atoms with van der Waals surface area (Å²) >= 11 is 1.51. The van der Waals surface area contributed by atoms with Crippen molar-refractivity contribution in [2.75, 3.05) is 0 Å². The Hall–Kier alpha value is -2.95. The van der Waals surface area contributed by atoms with Gasteiger partial charge in [0.2, 0.25) is 0 Å². The van der Waals surface area contributed by atoms with Gasteiger partial charge in [-0.3, -0.25) is 19.0 Å². The quantitative estimate of drug-likeness (QED) is 0.361. The molecule has 0 radical (unpaired) electrons. The number of rotatable bonds is 7. The second kappa shape index (κ2) is 7.82. The SMILES string of the molecule is CCCCn1c(=O)[nH]c(=O)c2c1nc(CSc1ncnc3c1cnn3C)n2CC. The molecule has 0 spiro atoms. The third-order valence-electron chi connectivity index (χ3n) is 4.85. The largest absolute Gasteiger partial charge is 0.330 e. The highest BCUT2D eigenvalue weighted by atomic mass is 32.2. The fourth-order valence-electron chi connectivity index (χ4n) is 3.38. The third-order valence-corrected chi connectivity index (χ3v) is 5.85. The minimum Gasteiger partial charge on any atom is -0.322 e. The van der Waals surface area contributed by atoms with Gasteiger partial charge in [-0.2, -0.15) is 5.10 Å². The summed E-state index contributed by atoms with van der Waals surface area (Å²) in [6.45, 7) is 5.12. The fraction of sp³-hybridized carbons (Fsp3) is 0.444. The Labute approximate surface area is 170 Å². The van der Waals surface area contributed by atoms with Gasteiger partial charge in [0.05, 0.1) is 17.3 Å². The van der Waals surface area contributed by atoms with Gasteiger partial charge in [-0.1, -0.05) is 25.1 Å². The van der Waals surface area contributed by atoms with Crippen molar-refractivity contribution in [3.05, 3.63) is 39.2 Å². The van der Waals surface area contributed by atoms with Crippen LogP contribution >= 0.6 is 11.8 Å². The zero-order chi connectivity index (χ0) is 20.5. The Morgan fingerprint density at radius 3 is 2.72 bits per heavy atom. The maximum atomic E-state index is 12.5. The summed E-state index contributed by atoms with van der Waals surface area (Å²) in [6.07, 6.45) is 5.04. The van der Waals surface area contributed by atoms with Crippen molar-refractivity contribution in [3.8, 4) is 0 Å². The lowest BCUT2D eigenvalue weighted by Crippen LogP contribution is -2.31. The van der Waals surface area contributed by atoms with Gasteiger partial charge in [0.25, 0.3) is 5.56 Å². The summed E-state index contributed by atoms with van der Waals surface area (Å²) in [6, 6.07) is 0. The van der Waals surface area contributed by atoms with Gasteiger partial charge in [-0.05, 0) is 13.3 Å². The molecule has 0 aliphatic carbocycles. The summed E-state index contributed by atoms with van der Waals surface area (Å²) in [4.78, 5) is 40.6. The maximum absolute atomic E-state index is 12.5. The molecule has 0 aliphatic heterocycles. The number of nitrogens with zero attached hydrogens (tertiary/aromatic N) is 7. The molecule has 4 aromatic heterocycles. The average molecular weight is 414 g/mol. The molecular formula is C18H22N8O2S. The number of imidazole rings is 1. The zero-order valence-corrected chi connectivity index (χ0v) is 17.4. The Balaban J connectivity index is 1.76. The topological polar surface area (TPSA) is 116 Å². The second-order valence-electron chi connectivity index (χ2n) is 6.68. The van der Waals surface area contributed by atoms with Crippen LogP contribution in [0.3, 0.4) is 0 Å². The molecule has 1 N–H and O–H groups in total. The van der Waals surface area contributed by atoms with E-state index in [2.05, 4.69) is 32.0 Å². The molecule has 0 aliphatic rings. The molecule has 4 aromatic rings. The van der Waals surface area contributed by atoms with Crippen LogP contribution in [-0.4, -0.2) is 38.9 Å². The Morgan fingerprint density at radius 1 is 1.14 bits per heavy atom. The lowest BCUT2D eigenvalue weighted by molar-refractivity contribution is 0.613. The maximum Gasteiger partial charge on any atom is 0.330 e. The highest BCUT2D eigenvalue weighted by Gasteiger charge is 2.18. The van der Waals surface area contributed by atoms with E-state index in [1.54, 1.807) is 15.4 Å². The number of hydrogen-bond acceptors (Lipinski definition) is 7. The molecule has 0 saturated carbocycles. The van der Waals surface area contributed by atoms with Crippen LogP contribution in [0.5, 0.6) is 0 Å². The van der Waals surface area contributed by atoms with Crippen LogP contribution in [0.15, 0.2) is 27.1 Å². The second-order valence-corrected chi connectivity index (χ2v) is 7.65. The fourth-order valence-corrected chi connectivity index (χ4v) is 4.29. The van der Waals surface area contributed by atoms with Crippen molar-refractivity contribution in [1.82, 2.24) is 38.9 Å². The smallest absolute Gasteiger partial charge is 0.322 e. The first-order valence-corrected chi connectivity index (χ1v) is 10.5. The Morgan fingerprint density at radius 2 is 1.97 bits per heavy atom. The van der Waals surface area contributed by atoms with E-state index in [0.717, 1.165) is 34.7 Å². The average Bonchev–Trinajstić information content (AvgIpc) is 3.27. The van der Waals surface area contributed by atoms with Gasteiger partial charge in [0, 0.05) is 20.1 Å². The summed E-state index contributed by atoms with van der Waals surface area (Å²) in [5.74, 6) is 1.23. The first-order chi connectivity index (χ1) is 14.0. The van der Waals surface area contributed by atoms with E-state index in [9.17, 15) is 9.59 Å². The molecule has 0 fully saturated rings. The number of unbranched alkanes of at least 4 members (excludes halogenated alkanes) is 1. The van der Waals surface area contributed by atoms with Crippen LogP contribution in [0.25, 0.3) is 22.2 Å². The Kier molecular flexibility index (Phi) is 5.22. The van der Waals surface area contributed by atoms with Crippen molar-refractivity contribution in [3.63, 3.8) is 0 Å². The van der Waals surface area contributed by atoms with Crippen LogP contribution in [0.1, 0.15) is 32.5 Å². The number of fused-ring (bicyclic) bond motifs is 2. The van der Waals surface area contributed by atoms with Crippen molar-refractivity contribution in [1.29, 1.82) is 0 Å². The molecule has 152 valence electrons. The predicted molar refractivity (Wildman–Crippen MR) is 111 cm³/mol. The number of aryl methyl sites for hydroxylation is 3. The molecule has 0 aromatic carbocycles. The highest BCUT2D eigenvalue weighted by molar-refractivity contribution is 7.98. The van der Waals surface area contributed by atoms with Crippen LogP contribution in [0.2, 0.25) is 0 Å². The minimum atomic E-state index is -0.413. The number of hydrogen-bond donors (Lipinski definition) is 1. The van der Waals surface area contributed by atoms with E-state index < -0.39 is 11.2 Å². The first kappa shape index (κ1) is 19.4. The summed E-state index contributed by atoms with van der Waals surface area (Å²) in [7, 11) is 1.84. The third kappa shape index (κ3) is 3.35. The lowest BCUT2D eigenvalue weighted by atomic mass is 10.3. The van der Waals surface area contributed by atoms with E-state index in [0.29, 0.717) is 30.0 Å². The number of thioether (sulfide) groups is 1. The van der Waals surface area contributed by atoms with E-state index in [1.165, 1.54) is 18.1 Å². The van der Waals surface area contributed by atoms with Crippen molar-refractivity contribution in [2.45, 2.75) is 50.6 Å². The molecule has 10 nitrogen and oxygen atoms in total. The monoisotopic (exact) mass is 414 g/mol. The van der Waals surface area contributed by atoms with Crippen molar-refractivity contribution < 1.29 is 0 Å². The van der Waals surface area contributed by atoms with Crippen LogP contribution in [-0.2, 0) is 25.9 Å². The van der Waals surface area contributed by atoms with Gasteiger partial charge >= 0.3 is 5.69 Å². The molecule has 11 heteroatoms. The van der Waals surface area contributed by atoms with Gasteiger partial charge in [-0.15, -0.1) is 0 Å². The molecule has 0 bridgehead atoms. The van der Waals surface area contributed by atoms with E-state index in [4.69, 9.17) is 0 Å². The summed E-state index contributed by atoms with van der Waals surface area (Å²) in [5.41, 5.74) is 0.826. The molecule has 0 unspecified atom stereocenters. The van der Waals surface area contributed by atoms with Crippen LogP contribution in [0, 0.1) is 0 Å². The van der Waals surface area contributed by atoms with Crippen LogP contribution < -0.4 is 11.2 Å². The predicted octanol–water partition coefficient (Wildman–Crippen LogP) is 1.68. The molecule has 0 atom stereocenters. The van der Waals surface area contributed by atoms with Crippen molar-refractivity contribution in [2.24, 2.45) is 7.05 Å². The number of aromatic amines is 1. The van der Waals surface area contributed by atoms with Gasteiger partial charge in [0.1, 0.15) is 17.2 Å². The van der Waals surface area contributed by atoms with Crippen LogP contribution in [0.4, 0.5) is 0 Å². The molecule has 0 amide bonds. The number of H-pyrrole nitrogens is 1. The van der Waals surface area contributed by atoms with Gasteiger partial charge in [-0.25, -0.2) is 19.7 Å². The molecule has 4 heterocycles. The zero-order valence-electron chi connectivity index (χ0n) is 16.5. The molecule has 4 rings (SSSR count). The lowest BCUT2D eigenvalue weighted by Gasteiger charge is -2.06. The molecular weight excluding hydrogens is 392 g/mol. The van der Waals surface area contributed by atoms with Gasteiger partial charge in [0.15, 0.2) is 16.8 Å².